The number of ether oxygens (including phenoxy) is 1. The Bertz CT molecular complexity index is 361. The third kappa shape index (κ3) is 2.96. The Hall–Kier alpha value is -1.03. The van der Waals surface area contributed by atoms with Gasteiger partial charge in [-0.05, 0) is 12.1 Å². The van der Waals surface area contributed by atoms with E-state index in [1.165, 1.54) is 21.3 Å². The molecule has 1 aromatic rings. The smallest absolute Gasteiger partial charge is 0.432 e. The van der Waals surface area contributed by atoms with Crippen LogP contribution < -0.4 is 9.82 Å². The van der Waals surface area contributed by atoms with Gasteiger partial charge in [0.15, 0.2) is 0 Å². The molecule has 1 rings (SSSR count). The maximum Gasteiger partial charge on any atom is 0.432 e. The molecule has 0 aliphatic carbocycles. The number of methoxy groups -OCH3 is 1. The van der Waals surface area contributed by atoms with Gasteiger partial charge in [-0.3, -0.25) is 14.1 Å². The number of para-hydroxylation sites is 2. The fraction of sp³-hybridized carbons (Fsp3) is 0.333. The van der Waals surface area contributed by atoms with Crippen molar-refractivity contribution in [2.75, 3.05) is 26.4 Å². The monoisotopic (exact) mass is 231 g/mol. The molecule has 0 atom stereocenters. The highest BCUT2D eigenvalue weighted by atomic mass is 31.2. The molecule has 84 valence electrons. The highest BCUT2D eigenvalue weighted by Gasteiger charge is 2.22. The lowest BCUT2D eigenvalue weighted by Gasteiger charge is -2.17. The summed E-state index contributed by atoms with van der Waals surface area (Å²) in [5.41, 5.74) is 0.562. The average Bonchev–Trinajstić information content (AvgIpc) is 2.29. The second-order valence-electron chi connectivity index (χ2n) is 2.67. The van der Waals surface area contributed by atoms with E-state index in [0.29, 0.717) is 11.4 Å². The van der Waals surface area contributed by atoms with E-state index < -0.39 is 7.75 Å². The molecule has 1 aromatic carbocycles. The number of hydrogen-bond donors (Lipinski definition) is 1. The Morgan fingerprint density at radius 3 is 2.27 bits per heavy atom. The van der Waals surface area contributed by atoms with Crippen LogP contribution in [0.4, 0.5) is 5.69 Å². The average molecular weight is 231 g/mol. The van der Waals surface area contributed by atoms with Gasteiger partial charge in [0.05, 0.1) is 12.8 Å². The molecule has 0 aliphatic rings. The lowest BCUT2D eigenvalue weighted by atomic mass is 10.3. The van der Waals surface area contributed by atoms with Gasteiger partial charge in [0, 0.05) is 14.2 Å². The molecule has 0 radical (unpaired) electrons. The topological polar surface area (TPSA) is 56.8 Å². The summed E-state index contributed by atoms with van der Waals surface area (Å²) < 4.78 is 26.4. The van der Waals surface area contributed by atoms with Crippen LogP contribution in [-0.2, 0) is 13.6 Å². The molecule has 0 fully saturated rings. The van der Waals surface area contributed by atoms with Crippen molar-refractivity contribution in [3.63, 3.8) is 0 Å². The minimum absolute atomic E-state index is 0.562. The zero-order valence-corrected chi connectivity index (χ0v) is 9.78. The van der Waals surface area contributed by atoms with E-state index in [-0.39, 0.29) is 0 Å². The van der Waals surface area contributed by atoms with Crippen molar-refractivity contribution in [2.45, 2.75) is 0 Å². The summed E-state index contributed by atoms with van der Waals surface area (Å²) >= 11 is 0. The lowest BCUT2D eigenvalue weighted by Crippen LogP contribution is -2.02. The largest absolute Gasteiger partial charge is 0.495 e. The molecule has 0 heterocycles. The van der Waals surface area contributed by atoms with Crippen LogP contribution in [-0.4, -0.2) is 21.3 Å². The summed E-state index contributed by atoms with van der Waals surface area (Å²) in [5, 5.41) is 2.66. The fourth-order valence-corrected chi connectivity index (χ4v) is 1.86. The predicted molar refractivity (Wildman–Crippen MR) is 58.2 cm³/mol. The van der Waals surface area contributed by atoms with E-state index in [0.717, 1.165) is 0 Å². The first-order chi connectivity index (χ1) is 7.15. The molecule has 0 saturated carbocycles. The van der Waals surface area contributed by atoms with Gasteiger partial charge in [-0.2, -0.15) is 0 Å². The molecule has 0 aliphatic heterocycles. The van der Waals surface area contributed by atoms with Crippen LogP contribution >= 0.6 is 7.75 Å². The van der Waals surface area contributed by atoms with Crippen molar-refractivity contribution in [3.05, 3.63) is 24.3 Å². The maximum atomic E-state index is 11.8. The first kappa shape index (κ1) is 12.0. The highest BCUT2D eigenvalue weighted by Crippen LogP contribution is 2.47. The van der Waals surface area contributed by atoms with Gasteiger partial charge in [-0.1, -0.05) is 12.1 Å². The third-order valence-electron chi connectivity index (χ3n) is 1.85. The summed E-state index contributed by atoms with van der Waals surface area (Å²) in [6.07, 6.45) is 0. The van der Waals surface area contributed by atoms with Crippen LogP contribution in [0, 0.1) is 0 Å². The van der Waals surface area contributed by atoms with Crippen molar-refractivity contribution in [1.29, 1.82) is 0 Å². The van der Waals surface area contributed by atoms with E-state index in [2.05, 4.69) is 5.09 Å². The van der Waals surface area contributed by atoms with Crippen LogP contribution in [0.2, 0.25) is 0 Å². The number of benzene rings is 1. The van der Waals surface area contributed by atoms with Crippen molar-refractivity contribution in [1.82, 2.24) is 0 Å². The zero-order valence-electron chi connectivity index (χ0n) is 8.89. The summed E-state index contributed by atoms with van der Waals surface area (Å²) in [5.74, 6) is 0.576. The van der Waals surface area contributed by atoms with Gasteiger partial charge >= 0.3 is 7.75 Å². The van der Waals surface area contributed by atoms with Crippen LogP contribution in [0.5, 0.6) is 5.75 Å². The molecule has 0 aromatic heterocycles. The van der Waals surface area contributed by atoms with Crippen LogP contribution in [0.25, 0.3) is 0 Å². The highest BCUT2D eigenvalue weighted by molar-refractivity contribution is 7.55. The van der Waals surface area contributed by atoms with Gasteiger partial charge < -0.3 is 4.74 Å². The molecule has 15 heavy (non-hydrogen) atoms. The van der Waals surface area contributed by atoms with E-state index in [1.807, 2.05) is 6.07 Å². The number of nitrogens with one attached hydrogen (secondary N) is 1. The summed E-state index contributed by atoms with van der Waals surface area (Å²) in [6.45, 7) is 0. The van der Waals surface area contributed by atoms with E-state index in [9.17, 15) is 4.57 Å². The SMILES string of the molecule is COc1ccccc1NP(=O)(OC)OC. The first-order valence-electron chi connectivity index (χ1n) is 4.28. The second-order valence-corrected chi connectivity index (χ2v) is 4.62. The Labute approximate surface area is 88.9 Å². The zero-order chi connectivity index (χ0) is 11.3. The Morgan fingerprint density at radius 1 is 1.13 bits per heavy atom. The molecule has 6 heteroatoms. The van der Waals surface area contributed by atoms with Gasteiger partial charge in [-0.25, -0.2) is 4.57 Å². The van der Waals surface area contributed by atoms with Gasteiger partial charge in [0.1, 0.15) is 5.75 Å². The molecule has 5 nitrogen and oxygen atoms in total. The summed E-state index contributed by atoms with van der Waals surface area (Å²) in [6, 6.07) is 7.08. The van der Waals surface area contributed by atoms with Gasteiger partial charge in [-0.15, -0.1) is 0 Å². The second kappa shape index (κ2) is 5.16. The summed E-state index contributed by atoms with van der Waals surface area (Å²) in [4.78, 5) is 0. The van der Waals surface area contributed by atoms with E-state index in [1.54, 1.807) is 18.2 Å². The number of hydrogen-bond acceptors (Lipinski definition) is 4. The van der Waals surface area contributed by atoms with Crippen molar-refractivity contribution >= 4 is 13.4 Å². The van der Waals surface area contributed by atoms with E-state index in [4.69, 9.17) is 13.8 Å². The van der Waals surface area contributed by atoms with Crippen molar-refractivity contribution in [3.8, 4) is 5.75 Å². The van der Waals surface area contributed by atoms with Crippen molar-refractivity contribution < 1.29 is 18.3 Å². The normalized spacial score (nSPS) is 11.1. The minimum atomic E-state index is -3.27. The standard InChI is InChI=1S/C9H14NO4P/c1-12-9-7-5-4-6-8(9)10-15(11,13-2)14-3/h4-7H,1-3H3,(H,10,11). The van der Waals surface area contributed by atoms with Gasteiger partial charge in [0.2, 0.25) is 0 Å². The van der Waals surface area contributed by atoms with Gasteiger partial charge in [0.25, 0.3) is 0 Å². The molecular weight excluding hydrogens is 217 g/mol. The lowest BCUT2D eigenvalue weighted by molar-refractivity contribution is 0.281. The Balaban J connectivity index is 2.93. The minimum Gasteiger partial charge on any atom is -0.495 e. The molecule has 0 amide bonds. The number of anilines is 1. The molecule has 0 spiro atoms. The van der Waals surface area contributed by atoms with Crippen LogP contribution in [0.15, 0.2) is 24.3 Å². The molecule has 0 bridgehead atoms. The maximum absolute atomic E-state index is 11.8. The van der Waals surface area contributed by atoms with Crippen LogP contribution in [0.1, 0.15) is 0 Å². The number of rotatable bonds is 5. The predicted octanol–water partition coefficient (Wildman–Crippen LogP) is 2.51. The summed E-state index contributed by atoms with van der Waals surface area (Å²) in [7, 11) is 0.884. The molecule has 0 unspecified atom stereocenters. The van der Waals surface area contributed by atoms with E-state index >= 15 is 0 Å². The Kier molecular flexibility index (Phi) is 4.15. The third-order valence-corrected chi connectivity index (χ3v) is 3.32. The Morgan fingerprint density at radius 2 is 1.73 bits per heavy atom. The quantitative estimate of drug-likeness (QED) is 0.789. The van der Waals surface area contributed by atoms with Crippen molar-refractivity contribution in [2.24, 2.45) is 0 Å². The fourth-order valence-electron chi connectivity index (χ4n) is 1.05. The molecule has 0 saturated heterocycles. The first-order valence-corrected chi connectivity index (χ1v) is 5.82. The van der Waals surface area contributed by atoms with Crippen LogP contribution in [0.3, 0.4) is 0 Å². The molecule has 1 N–H and O–H groups in total. The molecular formula is C9H14NO4P.